The lowest BCUT2D eigenvalue weighted by atomic mass is 10.2. The lowest BCUT2D eigenvalue weighted by Gasteiger charge is -2.06. The number of anilines is 1. The Kier molecular flexibility index (Phi) is 5.58. The molecule has 0 saturated heterocycles. The van der Waals surface area contributed by atoms with Gasteiger partial charge in [0, 0.05) is 22.9 Å². The number of benzene rings is 1. The third kappa shape index (κ3) is 4.58. The molecule has 0 saturated carbocycles. The highest BCUT2D eigenvalue weighted by molar-refractivity contribution is 7.99. The van der Waals surface area contributed by atoms with E-state index in [1.807, 2.05) is 12.1 Å². The molecule has 84 valence electrons. The van der Waals surface area contributed by atoms with Crippen LogP contribution in [0.5, 0.6) is 0 Å². The molecule has 0 aromatic heterocycles. The molecule has 2 nitrogen and oxygen atoms in total. The van der Waals surface area contributed by atoms with Gasteiger partial charge in [0.15, 0.2) is 0 Å². The number of aryl methyl sites for hydroxylation is 1. The van der Waals surface area contributed by atoms with E-state index in [-0.39, 0.29) is 0 Å². The van der Waals surface area contributed by atoms with Crippen molar-refractivity contribution < 1.29 is 4.74 Å². The summed E-state index contributed by atoms with van der Waals surface area (Å²) in [5.74, 6) is 0.966. The molecule has 0 unspecified atom stereocenters. The van der Waals surface area contributed by atoms with Gasteiger partial charge in [-0.3, -0.25) is 0 Å². The molecule has 1 aromatic carbocycles. The van der Waals surface area contributed by atoms with Crippen LogP contribution in [-0.2, 0) is 4.74 Å². The Morgan fingerprint density at radius 3 is 2.87 bits per heavy atom. The van der Waals surface area contributed by atoms with Crippen molar-refractivity contribution in [1.29, 1.82) is 0 Å². The SMILES string of the molecule is CCCOCCSc1cc(C)ccc1N. The Bertz CT molecular complexity index is 302. The van der Waals surface area contributed by atoms with Crippen molar-refractivity contribution in [3.63, 3.8) is 0 Å². The van der Waals surface area contributed by atoms with Crippen molar-refractivity contribution in [2.24, 2.45) is 0 Å². The van der Waals surface area contributed by atoms with Crippen LogP contribution < -0.4 is 5.73 Å². The van der Waals surface area contributed by atoms with Crippen molar-refractivity contribution in [2.75, 3.05) is 24.7 Å². The summed E-state index contributed by atoms with van der Waals surface area (Å²) in [6.45, 7) is 5.85. The van der Waals surface area contributed by atoms with E-state index in [0.29, 0.717) is 0 Å². The molecule has 1 rings (SSSR count). The third-order valence-electron chi connectivity index (χ3n) is 2.00. The van der Waals surface area contributed by atoms with Crippen LogP contribution in [0.25, 0.3) is 0 Å². The maximum absolute atomic E-state index is 5.87. The number of nitrogen functional groups attached to an aromatic ring is 1. The molecule has 3 heteroatoms. The minimum absolute atomic E-state index is 0.798. The highest BCUT2D eigenvalue weighted by Crippen LogP contribution is 2.25. The molecule has 0 aliphatic heterocycles. The van der Waals surface area contributed by atoms with Gasteiger partial charge in [0.25, 0.3) is 0 Å². The summed E-state index contributed by atoms with van der Waals surface area (Å²) < 4.78 is 5.41. The lowest BCUT2D eigenvalue weighted by Crippen LogP contribution is -1.98. The normalized spacial score (nSPS) is 10.5. The Morgan fingerprint density at radius 2 is 2.13 bits per heavy atom. The second kappa shape index (κ2) is 6.75. The second-order valence-electron chi connectivity index (χ2n) is 3.50. The van der Waals surface area contributed by atoms with Gasteiger partial charge >= 0.3 is 0 Å². The van der Waals surface area contributed by atoms with Gasteiger partial charge in [-0.25, -0.2) is 0 Å². The first-order valence-corrected chi connectivity index (χ1v) is 6.29. The minimum atomic E-state index is 0.798. The standard InChI is InChI=1S/C12H19NOS/c1-3-6-14-7-8-15-12-9-10(2)4-5-11(12)13/h4-5,9H,3,6-8,13H2,1-2H3. The smallest absolute Gasteiger partial charge is 0.0560 e. The molecule has 0 amide bonds. The van der Waals surface area contributed by atoms with Gasteiger partial charge in [-0.05, 0) is 31.0 Å². The predicted octanol–water partition coefficient (Wildman–Crippen LogP) is 3.10. The Hall–Kier alpha value is -0.670. The van der Waals surface area contributed by atoms with E-state index in [9.17, 15) is 0 Å². The van der Waals surface area contributed by atoms with Crippen molar-refractivity contribution in [3.05, 3.63) is 23.8 Å². The average molecular weight is 225 g/mol. The highest BCUT2D eigenvalue weighted by atomic mass is 32.2. The van der Waals surface area contributed by atoms with Crippen LogP contribution in [0, 0.1) is 6.92 Å². The highest BCUT2D eigenvalue weighted by Gasteiger charge is 1.99. The quantitative estimate of drug-likeness (QED) is 0.459. The van der Waals surface area contributed by atoms with E-state index >= 15 is 0 Å². The van der Waals surface area contributed by atoms with Gasteiger partial charge in [0.05, 0.1) is 6.61 Å². The van der Waals surface area contributed by atoms with Gasteiger partial charge < -0.3 is 10.5 Å². The number of ether oxygens (including phenoxy) is 1. The zero-order valence-electron chi connectivity index (χ0n) is 9.45. The summed E-state index contributed by atoms with van der Waals surface area (Å²) >= 11 is 1.76. The molecule has 0 atom stereocenters. The van der Waals surface area contributed by atoms with Gasteiger partial charge in [0.1, 0.15) is 0 Å². The molecule has 15 heavy (non-hydrogen) atoms. The number of hydrogen-bond donors (Lipinski definition) is 1. The number of rotatable bonds is 6. The van der Waals surface area contributed by atoms with E-state index < -0.39 is 0 Å². The average Bonchev–Trinajstić information content (AvgIpc) is 2.23. The van der Waals surface area contributed by atoms with E-state index in [1.165, 1.54) is 5.56 Å². The van der Waals surface area contributed by atoms with E-state index in [1.54, 1.807) is 11.8 Å². The first-order valence-electron chi connectivity index (χ1n) is 5.30. The summed E-state index contributed by atoms with van der Waals surface area (Å²) in [6, 6.07) is 6.12. The monoisotopic (exact) mass is 225 g/mol. The molecular formula is C12H19NOS. The Morgan fingerprint density at radius 1 is 1.33 bits per heavy atom. The fourth-order valence-corrected chi connectivity index (χ4v) is 2.15. The predicted molar refractivity (Wildman–Crippen MR) is 67.4 cm³/mol. The fraction of sp³-hybridized carbons (Fsp3) is 0.500. The van der Waals surface area contributed by atoms with Crippen LogP contribution in [0.15, 0.2) is 23.1 Å². The second-order valence-corrected chi connectivity index (χ2v) is 4.64. The molecule has 0 bridgehead atoms. The first kappa shape index (κ1) is 12.4. The maximum Gasteiger partial charge on any atom is 0.0560 e. The molecule has 0 heterocycles. The van der Waals surface area contributed by atoms with E-state index in [4.69, 9.17) is 10.5 Å². The van der Waals surface area contributed by atoms with Crippen LogP contribution in [0.2, 0.25) is 0 Å². The van der Waals surface area contributed by atoms with Crippen LogP contribution in [0.1, 0.15) is 18.9 Å². The minimum Gasteiger partial charge on any atom is -0.398 e. The van der Waals surface area contributed by atoms with Crippen molar-refractivity contribution in [1.82, 2.24) is 0 Å². The molecule has 0 spiro atoms. The van der Waals surface area contributed by atoms with Crippen molar-refractivity contribution in [3.8, 4) is 0 Å². The molecule has 1 aromatic rings. The maximum atomic E-state index is 5.87. The van der Waals surface area contributed by atoms with Gasteiger partial charge in [-0.15, -0.1) is 11.8 Å². The zero-order chi connectivity index (χ0) is 11.1. The lowest BCUT2D eigenvalue weighted by molar-refractivity contribution is 0.151. The summed E-state index contributed by atoms with van der Waals surface area (Å²) in [5, 5.41) is 0. The summed E-state index contributed by atoms with van der Waals surface area (Å²) in [7, 11) is 0. The Balaban J connectivity index is 2.33. The third-order valence-corrected chi connectivity index (χ3v) is 3.04. The number of thioether (sulfide) groups is 1. The molecule has 0 aliphatic rings. The van der Waals surface area contributed by atoms with Gasteiger partial charge in [0.2, 0.25) is 0 Å². The van der Waals surface area contributed by atoms with Gasteiger partial charge in [-0.2, -0.15) is 0 Å². The van der Waals surface area contributed by atoms with Crippen molar-refractivity contribution >= 4 is 17.4 Å². The zero-order valence-corrected chi connectivity index (χ0v) is 10.3. The van der Waals surface area contributed by atoms with Crippen molar-refractivity contribution in [2.45, 2.75) is 25.2 Å². The summed E-state index contributed by atoms with van der Waals surface area (Å²) in [6.07, 6.45) is 1.08. The van der Waals surface area contributed by atoms with E-state index in [2.05, 4.69) is 19.9 Å². The molecule has 0 radical (unpaired) electrons. The van der Waals surface area contributed by atoms with Crippen LogP contribution in [0.3, 0.4) is 0 Å². The summed E-state index contributed by atoms with van der Waals surface area (Å²) in [5.41, 5.74) is 7.98. The summed E-state index contributed by atoms with van der Waals surface area (Å²) in [4.78, 5) is 1.16. The Labute approximate surface area is 96.2 Å². The van der Waals surface area contributed by atoms with Crippen LogP contribution in [0.4, 0.5) is 5.69 Å². The number of hydrogen-bond acceptors (Lipinski definition) is 3. The van der Waals surface area contributed by atoms with Crippen LogP contribution in [-0.4, -0.2) is 19.0 Å². The topological polar surface area (TPSA) is 35.2 Å². The molecule has 2 N–H and O–H groups in total. The largest absolute Gasteiger partial charge is 0.398 e. The van der Waals surface area contributed by atoms with Gasteiger partial charge in [-0.1, -0.05) is 13.0 Å². The molecule has 0 aliphatic carbocycles. The first-order chi connectivity index (χ1) is 7.24. The van der Waals surface area contributed by atoms with E-state index in [0.717, 1.165) is 36.0 Å². The van der Waals surface area contributed by atoms with Crippen LogP contribution >= 0.6 is 11.8 Å². The number of nitrogens with two attached hydrogens (primary N) is 1. The molecule has 0 fully saturated rings. The fourth-order valence-electron chi connectivity index (χ4n) is 1.22. The molecular weight excluding hydrogens is 206 g/mol.